The molecule has 8 nitrogen and oxygen atoms in total. The van der Waals surface area contributed by atoms with Gasteiger partial charge in [0, 0.05) is 0 Å². The van der Waals surface area contributed by atoms with Crippen LogP contribution in [-0.4, -0.2) is 44.2 Å². The molecule has 0 aliphatic carbocycles. The lowest BCUT2D eigenvalue weighted by atomic mass is 10.1. The van der Waals surface area contributed by atoms with Crippen LogP contribution < -0.4 is 9.47 Å². The van der Waals surface area contributed by atoms with Crippen LogP contribution in [0.15, 0.2) is 0 Å². The number of ether oxygens (including phenoxy) is 4. The Hall–Kier alpha value is -2.64. The second-order valence-electron chi connectivity index (χ2n) is 3.42. The molecule has 2 heterocycles. The van der Waals surface area contributed by atoms with Gasteiger partial charge in [0.1, 0.15) is 5.56 Å². The molecule has 0 bridgehead atoms. The van der Waals surface area contributed by atoms with Gasteiger partial charge in [-0.05, 0) is 0 Å². The predicted molar refractivity (Wildman–Crippen MR) is 58.4 cm³/mol. The standard InChI is InChI=1S/C11H9NO7/c1-16-7-4-5(11(15)19-9(4)13)12-6(8(7)17-2)10(14)18-3/h1-3H3. The molecule has 0 N–H and O–H groups in total. The van der Waals surface area contributed by atoms with E-state index in [9.17, 15) is 14.4 Å². The van der Waals surface area contributed by atoms with Crippen molar-refractivity contribution < 1.29 is 33.3 Å². The normalized spacial score (nSPS) is 12.8. The van der Waals surface area contributed by atoms with Gasteiger partial charge in [-0.25, -0.2) is 19.4 Å². The van der Waals surface area contributed by atoms with Gasteiger partial charge in [0.25, 0.3) is 0 Å². The Morgan fingerprint density at radius 3 is 2.21 bits per heavy atom. The molecule has 0 spiro atoms. The van der Waals surface area contributed by atoms with Gasteiger partial charge in [0.05, 0.1) is 21.3 Å². The summed E-state index contributed by atoms with van der Waals surface area (Å²) in [5.41, 5.74) is -0.743. The average Bonchev–Trinajstić information content (AvgIpc) is 2.70. The van der Waals surface area contributed by atoms with Gasteiger partial charge >= 0.3 is 17.9 Å². The van der Waals surface area contributed by atoms with Crippen molar-refractivity contribution in [1.29, 1.82) is 0 Å². The molecule has 100 valence electrons. The van der Waals surface area contributed by atoms with E-state index in [-0.39, 0.29) is 28.5 Å². The highest BCUT2D eigenvalue weighted by Crippen LogP contribution is 2.38. The summed E-state index contributed by atoms with van der Waals surface area (Å²) in [7, 11) is 3.67. The average molecular weight is 267 g/mol. The first-order valence-electron chi connectivity index (χ1n) is 5.05. The van der Waals surface area contributed by atoms with Gasteiger partial charge in [0.15, 0.2) is 22.9 Å². The van der Waals surface area contributed by atoms with Crippen LogP contribution in [-0.2, 0) is 9.47 Å². The lowest BCUT2D eigenvalue weighted by Gasteiger charge is -2.12. The van der Waals surface area contributed by atoms with Gasteiger partial charge in [0.2, 0.25) is 0 Å². The number of nitrogens with zero attached hydrogens (tertiary/aromatic N) is 1. The molecule has 1 aliphatic rings. The van der Waals surface area contributed by atoms with E-state index in [1.54, 1.807) is 0 Å². The highest BCUT2D eigenvalue weighted by molar-refractivity contribution is 6.16. The van der Waals surface area contributed by atoms with E-state index in [0.717, 1.165) is 7.11 Å². The van der Waals surface area contributed by atoms with Crippen molar-refractivity contribution >= 4 is 17.9 Å². The van der Waals surface area contributed by atoms with Gasteiger partial charge in [-0.15, -0.1) is 0 Å². The molecule has 2 rings (SSSR count). The molecule has 1 aromatic rings. The van der Waals surface area contributed by atoms with Gasteiger partial charge in [-0.3, -0.25) is 0 Å². The molecule has 0 aromatic carbocycles. The Kier molecular flexibility index (Phi) is 3.07. The first-order valence-corrected chi connectivity index (χ1v) is 5.05. The first-order chi connectivity index (χ1) is 9.04. The van der Waals surface area contributed by atoms with Crippen LogP contribution in [0.2, 0.25) is 0 Å². The summed E-state index contributed by atoms with van der Waals surface area (Å²) >= 11 is 0. The zero-order valence-corrected chi connectivity index (χ0v) is 10.3. The van der Waals surface area contributed by atoms with E-state index in [4.69, 9.17) is 9.47 Å². The van der Waals surface area contributed by atoms with Crippen LogP contribution in [0.4, 0.5) is 0 Å². The maximum absolute atomic E-state index is 11.6. The summed E-state index contributed by atoms with van der Waals surface area (Å²) in [6, 6.07) is 0. The number of hydrogen-bond acceptors (Lipinski definition) is 8. The fraction of sp³-hybridized carbons (Fsp3) is 0.273. The van der Waals surface area contributed by atoms with Crippen molar-refractivity contribution in [2.45, 2.75) is 0 Å². The number of pyridine rings is 1. The van der Waals surface area contributed by atoms with Crippen LogP contribution in [0.3, 0.4) is 0 Å². The molecule has 0 saturated carbocycles. The van der Waals surface area contributed by atoms with Crippen molar-refractivity contribution in [3.63, 3.8) is 0 Å². The second kappa shape index (κ2) is 4.56. The minimum Gasteiger partial charge on any atom is -0.492 e. The van der Waals surface area contributed by atoms with Crippen LogP contribution >= 0.6 is 0 Å². The molecule has 0 fully saturated rings. The minimum absolute atomic E-state index is 0.0937. The van der Waals surface area contributed by atoms with E-state index < -0.39 is 17.9 Å². The Morgan fingerprint density at radius 2 is 1.68 bits per heavy atom. The number of methoxy groups -OCH3 is 3. The molecular formula is C11H9NO7. The van der Waals surface area contributed by atoms with Crippen molar-refractivity contribution in [3.8, 4) is 11.5 Å². The van der Waals surface area contributed by atoms with E-state index in [0.29, 0.717) is 0 Å². The summed E-state index contributed by atoms with van der Waals surface area (Å²) in [4.78, 5) is 38.3. The van der Waals surface area contributed by atoms with Crippen LogP contribution in [0.25, 0.3) is 0 Å². The topological polar surface area (TPSA) is 101 Å². The summed E-state index contributed by atoms with van der Waals surface area (Å²) in [6.45, 7) is 0. The van der Waals surface area contributed by atoms with Crippen LogP contribution in [0.5, 0.6) is 11.5 Å². The molecule has 0 radical (unpaired) electrons. The van der Waals surface area contributed by atoms with E-state index in [2.05, 4.69) is 14.5 Å². The number of fused-ring (bicyclic) bond motifs is 1. The highest BCUT2D eigenvalue weighted by atomic mass is 16.6. The highest BCUT2D eigenvalue weighted by Gasteiger charge is 2.39. The number of esters is 3. The Labute approximate surface area is 107 Å². The fourth-order valence-electron chi connectivity index (χ4n) is 1.69. The van der Waals surface area contributed by atoms with E-state index >= 15 is 0 Å². The Bertz CT molecular complexity index is 593. The number of rotatable bonds is 3. The summed E-state index contributed by atoms with van der Waals surface area (Å²) < 4.78 is 18.9. The third kappa shape index (κ3) is 1.77. The first kappa shape index (κ1) is 12.8. The quantitative estimate of drug-likeness (QED) is 0.565. The van der Waals surface area contributed by atoms with Crippen molar-refractivity contribution in [2.24, 2.45) is 0 Å². The minimum atomic E-state index is -0.953. The van der Waals surface area contributed by atoms with Crippen molar-refractivity contribution in [3.05, 3.63) is 17.0 Å². The molecule has 0 unspecified atom stereocenters. The van der Waals surface area contributed by atoms with Crippen molar-refractivity contribution in [1.82, 2.24) is 4.98 Å². The maximum Gasteiger partial charge on any atom is 0.365 e. The number of carbonyl (C=O) groups is 3. The molecule has 8 heteroatoms. The number of carbonyl (C=O) groups excluding carboxylic acids is 3. The van der Waals surface area contributed by atoms with E-state index in [1.165, 1.54) is 14.2 Å². The smallest absolute Gasteiger partial charge is 0.365 e. The lowest BCUT2D eigenvalue weighted by Crippen LogP contribution is -2.12. The maximum atomic E-state index is 11.6. The lowest BCUT2D eigenvalue weighted by molar-refractivity contribution is 0.0440. The Balaban J connectivity index is 2.80. The Morgan fingerprint density at radius 1 is 1.05 bits per heavy atom. The molecule has 0 amide bonds. The summed E-state index contributed by atoms with van der Waals surface area (Å²) in [5.74, 6) is -2.88. The molecule has 1 aliphatic heterocycles. The molecular weight excluding hydrogens is 258 g/mol. The zero-order valence-electron chi connectivity index (χ0n) is 10.3. The van der Waals surface area contributed by atoms with Gasteiger partial charge < -0.3 is 18.9 Å². The summed E-state index contributed by atoms with van der Waals surface area (Å²) in [6.07, 6.45) is 0. The number of aromatic nitrogens is 1. The number of hydrogen-bond donors (Lipinski definition) is 0. The van der Waals surface area contributed by atoms with Crippen LogP contribution in [0, 0.1) is 0 Å². The molecule has 1 aromatic heterocycles. The zero-order chi connectivity index (χ0) is 14.2. The third-order valence-electron chi connectivity index (χ3n) is 2.48. The molecule has 19 heavy (non-hydrogen) atoms. The predicted octanol–water partition coefficient (Wildman–Crippen LogP) is 0.196. The third-order valence-corrected chi connectivity index (χ3v) is 2.48. The van der Waals surface area contributed by atoms with E-state index in [1.807, 2.05) is 0 Å². The monoisotopic (exact) mass is 267 g/mol. The largest absolute Gasteiger partial charge is 0.492 e. The van der Waals surface area contributed by atoms with Gasteiger partial charge in [-0.2, -0.15) is 0 Å². The second-order valence-corrected chi connectivity index (χ2v) is 3.42. The fourth-order valence-corrected chi connectivity index (χ4v) is 1.69. The molecule has 0 saturated heterocycles. The SMILES string of the molecule is COC(=O)c1nc2c(c(OC)c1OC)C(=O)OC2=O. The molecule has 0 atom stereocenters. The van der Waals surface area contributed by atoms with Crippen molar-refractivity contribution in [2.75, 3.05) is 21.3 Å². The van der Waals surface area contributed by atoms with Gasteiger partial charge in [-0.1, -0.05) is 0 Å². The number of cyclic esters (lactones) is 2. The summed E-state index contributed by atoms with van der Waals surface area (Å²) in [5, 5.41) is 0. The van der Waals surface area contributed by atoms with Crippen LogP contribution in [0.1, 0.15) is 31.3 Å².